The van der Waals surface area contributed by atoms with Crippen molar-refractivity contribution in [3.05, 3.63) is 24.0 Å². The van der Waals surface area contributed by atoms with Gasteiger partial charge in [-0.25, -0.2) is 9.59 Å². The van der Waals surface area contributed by atoms with E-state index in [-0.39, 0.29) is 11.3 Å². The van der Waals surface area contributed by atoms with Gasteiger partial charge in [0.05, 0.1) is 20.0 Å². The highest BCUT2D eigenvalue weighted by atomic mass is 28.4. The van der Waals surface area contributed by atoms with Crippen LogP contribution in [0.5, 0.6) is 0 Å². The molecule has 0 spiro atoms. The lowest BCUT2D eigenvalue weighted by atomic mass is 10.2. The fraction of sp³-hybridized carbons (Fsp3) is 0.455. The lowest BCUT2D eigenvalue weighted by molar-refractivity contribution is -0.144. The lowest BCUT2D eigenvalue weighted by Gasteiger charge is -2.19. The summed E-state index contributed by atoms with van der Waals surface area (Å²) >= 11 is 0. The Balaban J connectivity index is 4.99. The van der Waals surface area contributed by atoms with Gasteiger partial charge < -0.3 is 13.9 Å². The molecule has 0 rings (SSSR count). The first-order valence-corrected chi connectivity index (χ1v) is 8.38. The molecule has 6 heteroatoms. The molecule has 0 aromatic heterocycles. The first-order valence-electron chi connectivity index (χ1n) is 4.97. The molecule has 0 heterocycles. The van der Waals surface area contributed by atoms with Crippen LogP contribution in [-0.4, -0.2) is 34.5 Å². The lowest BCUT2D eigenvalue weighted by Crippen LogP contribution is -2.25. The van der Waals surface area contributed by atoms with Crippen molar-refractivity contribution in [2.24, 2.45) is 0 Å². The molecule has 0 aromatic rings. The van der Waals surface area contributed by atoms with Crippen LogP contribution in [0.1, 0.15) is 0 Å². The Morgan fingerprint density at radius 1 is 1.06 bits per heavy atom. The minimum atomic E-state index is -1.83. The second-order valence-corrected chi connectivity index (χ2v) is 8.65. The molecule has 0 amide bonds. The average molecular weight is 258 g/mol. The second-order valence-electron chi connectivity index (χ2n) is 4.22. The van der Waals surface area contributed by atoms with Gasteiger partial charge in [0.2, 0.25) is 8.32 Å². The summed E-state index contributed by atoms with van der Waals surface area (Å²) in [6, 6.07) is 0. The molecular weight excluding hydrogens is 240 g/mol. The van der Waals surface area contributed by atoms with Gasteiger partial charge in [-0.1, -0.05) is 6.58 Å². The van der Waals surface area contributed by atoms with Crippen molar-refractivity contribution in [1.82, 2.24) is 0 Å². The molecule has 0 bridgehead atoms. The average Bonchev–Trinajstić information content (AvgIpc) is 2.21. The van der Waals surface area contributed by atoms with Crippen LogP contribution < -0.4 is 0 Å². The van der Waals surface area contributed by atoms with Gasteiger partial charge in [0.1, 0.15) is 5.57 Å². The number of carbonyl (C=O) groups excluding carboxylic acids is 2. The maximum absolute atomic E-state index is 11.3. The molecule has 17 heavy (non-hydrogen) atoms. The maximum Gasteiger partial charge on any atom is 0.345 e. The molecule has 5 nitrogen and oxygen atoms in total. The Bertz CT molecular complexity index is 333. The molecule has 0 saturated heterocycles. The zero-order chi connectivity index (χ0) is 13.6. The third kappa shape index (κ3) is 5.91. The van der Waals surface area contributed by atoms with E-state index >= 15 is 0 Å². The molecule has 0 N–H and O–H groups in total. The fourth-order valence-corrected chi connectivity index (χ4v) is 1.85. The smallest absolute Gasteiger partial charge is 0.345 e. The van der Waals surface area contributed by atoms with Crippen molar-refractivity contribution in [2.45, 2.75) is 19.6 Å². The first-order chi connectivity index (χ1) is 7.71. The molecule has 96 valence electrons. The Morgan fingerprint density at radius 2 is 1.47 bits per heavy atom. The Hall–Kier alpha value is -1.56. The van der Waals surface area contributed by atoms with E-state index in [1.165, 1.54) is 20.3 Å². The maximum atomic E-state index is 11.3. The summed E-state index contributed by atoms with van der Waals surface area (Å²) in [6.45, 7) is 9.51. The van der Waals surface area contributed by atoms with E-state index in [9.17, 15) is 9.59 Å². The summed E-state index contributed by atoms with van der Waals surface area (Å²) < 4.78 is 14.5. The van der Waals surface area contributed by atoms with E-state index in [0.717, 1.165) is 0 Å². The zero-order valence-corrected chi connectivity index (χ0v) is 11.8. The molecule has 0 saturated carbocycles. The van der Waals surface area contributed by atoms with Crippen LogP contribution in [0, 0.1) is 0 Å². The summed E-state index contributed by atoms with van der Waals surface area (Å²) in [7, 11) is 0.538. The summed E-state index contributed by atoms with van der Waals surface area (Å²) in [5.74, 6) is -1.32. The molecule has 0 atom stereocenters. The van der Waals surface area contributed by atoms with Crippen molar-refractivity contribution in [2.75, 3.05) is 14.2 Å². The van der Waals surface area contributed by atoms with Crippen LogP contribution in [0.3, 0.4) is 0 Å². The number of carbonyl (C=O) groups is 2. The minimum Gasteiger partial charge on any atom is -0.545 e. The van der Waals surface area contributed by atoms with Crippen LogP contribution in [0.15, 0.2) is 24.0 Å². The Labute approximate surface area is 102 Å². The number of hydrogen-bond donors (Lipinski definition) is 0. The van der Waals surface area contributed by atoms with Gasteiger partial charge in [-0.3, -0.25) is 0 Å². The number of rotatable bonds is 5. The largest absolute Gasteiger partial charge is 0.545 e. The Kier molecular flexibility index (Phi) is 5.67. The predicted molar refractivity (Wildman–Crippen MR) is 65.7 cm³/mol. The van der Waals surface area contributed by atoms with Gasteiger partial charge in [0.25, 0.3) is 0 Å². The molecule has 0 fully saturated rings. The topological polar surface area (TPSA) is 61.8 Å². The van der Waals surface area contributed by atoms with Crippen molar-refractivity contribution in [1.29, 1.82) is 0 Å². The van der Waals surface area contributed by atoms with E-state index in [1.54, 1.807) is 0 Å². The van der Waals surface area contributed by atoms with Crippen LogP contribution >= 0.6 is 0 Å². The van der Waals surface area contributed by atoms with E-state index < -0.39 is 20.3 Å². The summed E-state index contributed by atoms with van der Waals surface area (Å²) in [4.78, 5) is 22.7. The van der Waals surface area contributed by atoms with E-state index in [4.69, 9.17) is 4.43 Å². The van der Waals surface area contributed by atoms with Gasteiger partial charge >= 0.3 is 11.9 Å². The first kappa shape index (κ1) is 15.4. The predicted octanol–water partition coefficient (Wildman–Crippen LogP) is 1.62. The summed E-state index contributed by atoms with van der Waals surface area (Å²) in [5.41, 5.74) is -0.238. The van der Waals surface area contributed by atoms with Crippen LogP contribution in [-0.2, 0) is 23.5 Å². The van der Waals surface area contributed by atoms with Gasteiger partial charge in [-0.2, -0.15) is 0 Å². The highest BCUT2D eigenvalue weighted by molar-refractivity contribution is 6.70. The monoisotopic (exact) mass is 258 g/mol. The van der Waals surface area contributed by atoms with Crippen molar-refractivity contribution in [3.8, 4) is 0 Å². The standard InChI is InChI=1S/C11H18O5Si/c1-8(16-17(4,5)6)7-9(10(12)14-2)11(13)15-3/h7H,1H2,2-6H3. The van der Waals surface area contributed by atoms with Crippen molar-refractivity contribution < 1.29 is 23.5 Å². The quantitative estimate of drug-likeness (QED) is 0.143. The van der Waals surface area contributed by atoms with Gasteiger partial charge in [0.15, 0.2) is 0 Å². The Morgan fingerprint density at radius 3 is 1.76 bits per heavy atom. The van der Waals surface area contributed by atoms with Crippen LogP contribution in [0.2, 0.25) is 19.6 Å². The summed E-state index contributed by atoms with van der Waals surface area (Å²) in [6.07, 6.45) is 1.23. The highest BCUT2D eigenvalue weighted by Crippen LogP contribution is 2.13. The molecule has 0 aliphatic rings. The molecule has 0 aliphatic heterocycles. The molecule has 0 aliphatic carbocycles. The molecule has 0 radical (unpaired) electrons. The third-order valence-electron chi connectivity index (χ3n) is 1.55. The highest BCUT2D eigenvalue weighted by Gasteiger charge is 2.22. The number of methoxy groups -OCH3 is 2. The summed E-state index contributed by atoms with van der Waals surface area (Å²) in [5, 5.41) is 0. The van der Waals surface area contributed by atoms with E-state index in [2.05, 4.69) is 16.1 Å². The molecule has 0 aromatic carbocycles. The van der Waals surface area contributed by atoms with Crippen LogP contribution in [0.4, 0.5) is 0 Å². The number of esters is 2. The van der Waals surface area contributed by atoms with E-state index in [1.807, 2.05) is 19.6 Å². The van der Waals surface area contributed by atoms with E-state index in [0.29, 0.717) is 0 Å². The SMILES string of the molecule is C=C(C=C(C(=O)OC)C(=O)OC)O[Si](C)(C)C. The molecular formula is C11H18O5Si. The van der Waals surface area contributed by atoms with Crippen molar-refractivity contribution >= 4 is 20.3 Å². The minimum absolute atomic E-state index is 0.238. The zero-order valence-electron chi connectivity index (χ0n) is 10.8. The third-order valence-corrected chi connectivity index (χ3v) is 2.43. The second kappa shape index (κ2) is 6.24. The number of allylic oxidation sites excluding steroid dienone is 1. The number of hydrogen-bond acceptors (Lipinski definition) is 5. The fourth-order valence-electron chi connectivity index (χ4n) is 1.00. The normalized spacial score (nSPS) is 10.2. The van der Waals surface area contributed by atoms with Gasteiger partial charge in [-0.05, 0) is 25.7 Å². The van der Waals surface area contributed by atoms with Gasteiger partial charge in [0, 0.05) is 0 Å². The number of ether oxygens (including phenoxy) is 2. The van der Waals surface area contributed by atoms with Crippen molar-refractivity contribution in [3.63, 3.8) is 0 Å². The van der Waals surface area contributed by atoms with Crippen LogP contribution in [0.25, 0.3) is 0 Å². The molecule has 0 unspecified atom stereocenters. The van der Waals surface area contributed by atoms with Gasteiger partial charge in [-0.15, -0.1) is 0 Å².